The second kappa shape index (κ2) is 9.23. The van der Waals surface area contributed by atoms with Gasteiger partial charge in [-0.2, -0.15) is 0 Å². The first kappa shape index (κ1) is 20.2. The minimum Gasteiger partial charge on any atom is -0.330 e. The number of rotatable bonds is 4. The summed E-state index contributed by atoms with van der Waals surface area (Å²) in [5.74, 6) is 0.655. The first-order valence-corrected chi connectivity index (χ1v) is 7.06. The molecule has 0 saturated heterocycles. The summed E-state index contributed by atoms with van der Waals surface area (Å²) >= 11 is 0. The Morgan fingerprint density at radius 1 is 1.29 bits per heavy atom. The number of aromatic nitrogens is 1. The van der Waals surface area contributed by atoms with Gasteiger partial charge in [-0.05, 0) is 43.4 Å². The SMILES string of the molecule is Cc1ccc(NC(=O)CC2(CN)CCCCC2)nc1.Cl.Cl. The molecular formula is C15H25Cl2N3O. The summed E-state index contributed by atoms with van der Waals surface area (Å²) in [6, 6.07) is 3.78. The molecular weight excluding hydrogens is 309 g/mol. The first-order chi connectivity index (χ1) is 9.13. The zero-order chi connectivity index (χ0) is 13.7. The van der Waals surface area contributed by atoms with Crippen molar-refractivity contribution in [3.05, 3.63) is 23.9 Å². The molecule has 1 aliphatic rings. The van der Waals surface area contributed by atoms with Crippen LogP contribution in [0.2, 0.25) is 0 Å². The molecule has 1 aromatic heterocycles. The molecule has 0 bridgehead atoms. The largest absolute Gasteiger partial charge is 0.330 e. The third-order valence-electron chi connectivity index (χ3n) is 4.06. The Bertz CT molecular complexity index is 431. The molecule has 21 heavy (non-hydrogen) atoms. The number of carbonyl (C=O) groups excluding carboxylic acids is 1. The van der Waals surface area contributed by atoms with Gasteiger partial charge in [0.15, 0.2) is 0 Å². The number of amides is 1. The van der Waals surface area contributed by atoms with Gasteiger partial charge in [0, 0.05) is 12.6 Å². The van der Waals surface area contributed by atoms with E-state index in [9.17, 15) is 4.79 Å². The summed E-state index contributed by atoms with van der Waals surface area (Å²) in [5, 5.41) is 2.87. The fourth-order valence-electron chi connectivity index (χ4n) is 2.82. The molecule has 3 N–H and O–H groups in total. The van der Waals surface area contributed by atoms with Crippen LogP contribution < -0.4 is 11.1 Å². The molecule has 0 spiro atoms. The third kappa shape index (κ3) is 5.81. The lowest BCUT2D eigenvalue weighted by atomic mass is 9.71. The fourth-order valence-corrected chi connectivity index (χ4v) is 2.82. The van der Waals surface area contributed by atoms with Crippen LogP contribution in [0.3, 0.4) is 0 Å². The number of nitrogens with one attached hydrogen (secondary N) is 1. The quantitative estimate of drug-likeness (QED) is 0.886. The number of nitrogens with zero attached hydrogens (tertiary/aromatic N) is 1. The van der Waals surface area contributed by atoms with E-state index in [1.165, 1.54) is 19.3 Å². The van der Waals surface area contributed by atoms with Gasteiger partial charge in [-0.1, -0.05) is 25.3 Å². The zero-order valence-electron chi connectivity index (χ0n) is 12.4. The fraction of sp³-hybridized carbons (Fsp3) is 0.600. The van der Waals surface area contributed by atoms with Gasteiger partial charge in [-0.3, -0.25) is 4.79 Å². The van der Waals surface area contributed by atoms with Crippen molar-refractivity contribution in [2.24, 2.45) is 11.1 Å². The van der Waals surface area contributed by atoms with Gasteiger partial charge < -0.3 is 11.1 Å². The highest BCUT2D eigenvalue weighted by molar-refractivity contribution is 5.90. The van der Waals surface area contributed by atoms with E-state index in [-0.39, 0.29) is 36.1 Å². The Balaban J connectivity index is 0.00000200. The van der Waals surface area contributed by atoms with Crippen molar-refractivity contribution >= 4 is 36.5 Å². The summed E-state index contributed by atoms with van der Waals surface area (Å²) in [6.45, 7) is 2.58. The van der Waals surface area contributed by atoms with Crippen molar-refractivity contribution in [2.45, 2.75) is 45.4 Å². The van der Waals surface area contributed by atoms with Crippen LogP contribution in [0.25, 0.3) is 0 Å². The van der Waals surface area contributed by atoms with Crippen LogP contribution in [0.5, 0.6) is 0 Å². The molecule has 0 atom stereocenters. The summed E-state index contributed by atoms with van der Waals surface area (Å²) in [5.41, 5.74) is 7.00. The maximum absolute atomic E-state index is 12.1. The maximum Gasteiger partial charge on any atom is 0.226 e. The summed E-state index contributed by atoms with van der Waals surface area (Å²) < 4.78 is 0. The molecule has 1 saturated carbocycles. The molecule has 1 aliphatic carbocycles. The highest BCUT2D eigenvalue weighted by Crippen LogP contribution is 2.38. The van der Waals surface area contributed by atoms with Crippen LogP contribution >= 0.6 is 24.8 Å². The van der Waals surface area contributed by atoms with Gasteiger partial charge in [0.2, 0.25) is 5.91 Å². The third-order valence-corrected chi connectivity index (χ3v) is 4.06. The van der Waals surface area contributed by atoms with Gasteiger partial charge in [-0.15, -0.1) is 24.8 Å². The summed E-state index contributed by atoms with van der Waals surface area (Å²) in [4.78, 5) is 16.3. The molecule has 0 aliphatic heterocycles. The number of halogens is 2. The number of pyridine rings is 1. The van der Waals surface area contributed by atoms with Crippen molar-refractivity contribution in [1.82, 2.24) is 4.98 Å². The van der Waals surface area contributed by atoms with Gasteiger partial charge in [0.1, 0.15) is 5.82 Å². The lowest BCUT2D eigenvalue weighted by molar-refractivity contribution is -0.118. The highest BCUT2D eigenvalue weighted by atomic mass is 35.5. The van der Waals surface area contributed by atoms with Crippen LogP contribution in [0, 0.1) is 12.3 Å². The Morgan fingerprint density at radius 2 is 1.95 bits per heavy atom. The smallest absolute Gasteiger partial charge is 0.226 e. The molecule has 1 fully saturated rings. The number of hydrogen-bond acceptors (Lipinski definition) is 3. The minimum absolute atomic E-state index is 0. The van der Waals surface area contributed by atoms with E-state index in [1.54, 1.807) is 6.20 Å². The normalized spacial score (nSPS) is 16.3. The molecule has 1 amide bonds. The molecule has 1 heterocycles. The second-order valence-electron chi connectivity index (χ2n) is 5.71. The van der Waals surface area contributed by atoms with Gasteiger partial charge in [0.05, 0.1) is 0 Å². The standard InChI is InChI=1S/C15H23N3O.2ClH/c1-12-5-6-13(17-10-12)18-14(19)9-15(11-16)7-3-2-4-8-15;;/h5-6,10H,2-4,7-9,11,16H2,1H3,(H,17,18,19);2*1H. The van der Waals surface area contributed by atoms with E-state index in [0.717, 1.165) is 18.4 Å². The van der Waals surface area contributed by atoms with Crippen molar-refractivity contribution in [1.29, 1.82) is 0 Å². The van der Waals surface area contributed by atoms with E-state index in [2.05, 4.69) is 10.3 Å². The Hall–Kier alpha value is -0.840. The van der Waals surface area contributed by atoms with Crippen LogP contribution in [0.1, 0.15) is 44.1 Å². The predicted molar refractivity (Wildman–Crippen MR) is 91.3 cm³/mol. The Kier molecular flexibility index (Phi) is 8.86. The molecule has 0 aromatic carbocycles. The van der Waals surface area contributed by atoms with Crippen LogP contribution in [-0.4, -0.2) is 17.4 Å². The highest BCUT2D eigenvalue weighted by Gasteiger charge is 2.32. The predicted octanol–water partition coefficient (Wildman–Crippen LogP) is 3.47. The maximum atomic E-state index is 12.1. The van der Waals surface area contributed by atoms with Crippen molar-refractivity contribution in [3.8, 4) is 0 Å². The van der Waals surface area contributed by atoms with E-state index < -0.39 is 0 Å². The number of hydrogen-bond donors (Lipinski definition) is 2. The Morgan fingerprint density at radius 3 is 2.48 bits per heavy atom. The second-order valence-corrected chi connectivity index (χ2v) is 5.71. The molecule has 6 heteroatoms. The van der Waals surface area contributed by atoms with Crippen LogP contribution in [0.4, 0.5) is 5.82 Å². The minimum atomic E-state index is 0. The summed E-state index contributed by atoms with van der Waals surface area (Å²) in [6.07, 6.45) is 8.05. The Labute approximate surface area is 139 Å². The molecule has 120 valence electrons. The van der Waals surface area contributed by atoms with E-state index in [1.807, 2.05) is 19.1 Å². The van der Waals surface area contributed by atoms with Crippen molar-refractivity contribution in [2.75, 3.05) is 11.9 Å². The van der Waals surface area contributed by atoms with Crippen LogP contribution in [-0.2, 0) is 4.79 Å². The number of nitrogens with two attached hydrogens (primary N) is 1. The zero-order valence-corrected chi connectivity index (χ0v) is 14.1. The summed E-state index contributed by atoms with van der Waals surface area (Å²) in [7, 11) is 0. The number of anilines is 1. The topological polar surface area (TPSA) is 68.0 Å². The van der Waals surface area contributed by atoms with Gasteiger partial charge in [0.25, 0.3) is 0 Å². The van der Waals surface area contributed by atoms with Crippen molar-refractivity contribution < 1.29 is 4.79 Å². The van der Waals surface area contributed by atoms with Gasteiger partial charge >= 0.3 is 0 Å². The monoisotopic (exact) mass is 333 g/mol. The molecule has 0 radical (unpaired) electrons. The van der Waals surface area contributed by atoms with Crippen molar-refractivity contribution in [3.63, 3.8) is 0 Å². The van der Waals surface area contributed by atoms with E-state index in [4.69, 9.17) is 5.73 Å². The number of aryl methyl sites for hydroxylation is 1. The average molecular weight is 334 g/mol. The molecule has 2 rings (SSSR count). The lowest BCUT2D eigenvalue weighted by Gasteiger charge is -2.35. The molecule has 0 unspecified atom stereocenters. The van der Waals surface area contributed by atoms with Gasteiger partial charge in [-0.25, -0.2) is 4.98 Å². The average Bonchev–Trinajstić information content (AvgIpc) is 2.42. The molecule has 4 nitrogen and oxygen atoms in total. The first-order valence-electron chi connectivity index (χ1n) is 7.06. The van der Waals surface area contributed by atoms with E-state index >= 15 is 0 Å². The van der Waals surface area contributed by atoms with E-state index in [0.29, 0.717) is 18.8 Å². The van der Waals surface area contributed by atoms with Crippen LogP contribution in [0.15, 0.2) is 18.3 Å². The molecule has 1 aromatic rings. The lowest BCUT2D eigenvalue weighted by Crippen LogP contribution is -2.36. The number of carbonyl (C=O) groups is 1.